The summed E-state index contributed by atoms with van der Waals surface area (Å²) < 4.78 is 28.1. The van der Waals surface area contributed by atoms with Crippen LogP contribution < -0.4 is 10.1 Å². The SMILES string of the molecule is CNC(C#N)CCOc1cccc(S(C)(=O)=O)c1. The lowest BCUT2D eigenvalue weighted by Gasteiger charge is -2.10. The van der Waals surface area contributed by atoms with Crippen molar-refractivity contribution in [2.24, 2.45) is 0 Å². The molecule has 0 aromatic heterocycles. The van der Waals surface area contributed by atoms with Crippen molar-refractivity contribution in [2.45, 2.75) is 17.4 Å². The molecular weight excluding hydrogens is 252 g/mol. The number of nitrogens with zero attached hydrogens (tertiary/aromatic N) is 1. The van der Waals surface area contributed by atoms with Gasteiger partial charge in [-0.25, -0.2) is 8.42 Å². The molecule has 0 aliphatic rings. The smallest absolute Gasteiger partial charge is 0.175 e. The van der Waals surface area contributed by atoms with Crippen LogP contribution in [0.3, 0.4) is 0 Å². The van der Waals surface area contributed by atoms with Gasteiger partial charge in [-0.3, -0.25) is 0 Å². The molecule has 0 spiro atoms. The van der Waals surface area contributed by atoms with E-state index in [4.69, 9.17) is 10.00 Å². The molecule has 0 saturated heterocycles. The fourth-order valence-corrected chi connectivity index (χ4v) is 2.02. The van der Waals surface area contributed by atoms with Crippen molar-refractivity contribution in [3.8, 4) is 11.8 Å². The van der Waals surface area contributed by atoms with Crippen LogP contribution in [0.5, 0.6) is 5.75 Å². The lowest BCUT2D eigenvalue weighted by Crippen LogP contribution is -2.25. The molecule has 1 atom stereocenters. The summed E-state index contributed by atoms with van der Waals surface area (Å²) in [6.07, 6.45) is 1.69. The second-order valence-electron chi connectivity index (χ2n) is 3.85. The van der Waals surface area contributed by atoms with Crippen LogP contribution in [0.25, 0.3) is 0 Å². The average Bonchev–Trinajstić information content (AvgIpc) is 2.34. The zero-order chi connectivity index (χ0) is 13.6. The van der Waals surface area contributed by atoms with E-state index in [-0.39, 0.29) is 10.9 Å². The molecule has 0 heterocycles. The summed E-state index contributed by atoms with van der Waals surface area (Å²) in [5.41, 5.74) is 0. The van der Waals surface area contributed by atoms with Crippen LogP contribution in [0.15, 0.2) is 29.2 Å². The first kappa shape index (κ1) is 14.5. The van der Waals surface area contributed by atoms with Gasteiger partial charge in [0.2, 0.25) is 0 Å². The predicted molar refractivity (Wildman–Crippen MR) is 68.1 cm³/mol. The average molecular weight is 268 g/mol. The fourth-order valence-electron chi connectivity index (χ4n) is 1.36. The second kappa shape index (κ2) is 6.38. The van der Waals surface area contributed by atoms with Gasteiger partial charge < -0.3 is 10.1 Å². The van der Waals surface area contributed by atoms with E-state index in [2.05, 4.69) is 11.4 Å². The van der Waals surface area contributed by atoms with E-state index >= 15 is 0 Å². The minimum atomic E-state index is -3.22. The summed E-state index contributed by atoms with van der Waals surface area (Å²) in [4.78, 5) is 0.227. The molecule has 0 bridgehead atoms. The minimum Gasteiger partial charge on any atom is -0.493 e. The van der Waals surface area contributed by atoms with E-state index < -0.39 is 9.84 Å². The Morgan fingerprint density at radius 1 is 1.50 bits per heavy atom. The summed E-state index contributed by atoms with van der Waals surface area (Å²) in [6.45, 7) is 0.353. The number of hydrogen-bond acceptors (Lipinski definition) is 5. The number of hydrogen-bond donors (Lipinski definition) is 1. The Labute approximate surface area is 107 Å². The van der Waals surface area contributed by atoms with Crippen LogP contribution in [0, 0.1) is 11.3 Å². The third kappa shape index (κ3) is 4.35. The summed E-state index contributed by atoms with van der Waals surface area (Å²) in [7, 11) is -1.51. The maximum Gasteiger partial charge on any atom is 0.175 e. The Hall–Kier alpha value is -1.58. The van der Waals surface area contributed by atoms with Crippen molar-refractivity contribution in [3.63, 3.8) is 0 Å². The number of benzene rings is 1. The van der Waals surface area contributed by atoms with E-state index in [0.717, 1.165) is 6.26 Å². The Bertz CT molecular complexity index is 534. The van der Waals surface area contributed by atoms with Crippen molar-refractivity contribution in [1.29, 1.82) is 5.26 Å². The van der Waals surface area contributed by atoms with E-state index in [1.54, 1.807) is 19.2 Å². The molecule has 0 saturated carbocycles. The number of sulfone groups is 1. The molecule has 5 nitrogen and oxygen atoms in total. The Kier molecular flexibility index (Phi) is 5.13. The van der Waals surface area contributed by atoms with Gasteiger partial charge in [-0.15, -0.1) is 0 Å². The summed E-state index contributed by atoms with van der Waals surface area (Å²) in [6, 6.07) is 8.15. The first-order chi connectivity index (χ1) is 8.47. The Morgan fingerprint density at radius 2 is 2.22 bits per heavy atom. The highest BCUT2D eigenvalue weighted by molar-refractivity contribution is 7.90. The summed E-state index contributed by atoms with van der Waals surface area (Å²) in [5, 5.41) is 11.6. The third-order valence-electron chi connectivity index (χ3n) is 2.41. The van der Waals surface area contributed by atoms with Crippen molar-refractivity contribution in [3.05, 3.63) is 24.3 Å². The second-order valence-corrected chi connectivity index (χ2v) is 5.87. The van der Waals surface area contributed by atoms with E-state index in [1.165, 1.54) is 12.1 Å². The van der Waals surface area contributed by atoms with Crippen molar-refractivity contribution in [2.75, 3.05) is 19.9 Å². The molecule has 0 fully saturated rings. The van der Waals surface area contributed by atoms with Crippen molar-refractivity contribution >= 4 is 9.84 Å². The van der Waals surface area contributed by atoms with Crippen LogP contribution >= 0.6 is 0 Å². The normalized spacial score (nSPS) is 12.7. The summed E-state index contributed by atoms with van der Waals surface area (Å²) >= 11 is 0. The predicted octanol–water partition coefficient (Wildman–Crippen LogP) is 0.971. The molecule has 0 aliphatic heterocycles. The molecule has 0 amide bonds. The minimum absolute atomic E-state index is 0.227. The summed E-state index contributed by atoms with van der Waals surface area (Å²) in [5.74, 6) is 0.491. The van der Waals surface area contributed by atoms with Gasteiger partial charge >= 0.3 is 0 Å². The quantitative estimate of drug-likeness (QED) is 0.831. The van der Waals surface area contributed by atoms with Gasteiger partial charge in [-0.2, -0.15) is 5.26 Å². The zero-order valence-corrected chi connectivity index (χ0v) is 11.2. The molecule has 1 rings (SSSR count). The molecule has 0 radical (unpaired) electrons. The molecule has 1 unspecified atom stereocenters. The van der Waals surface area contributed by atoms with Gasteiger partial charge in [-0.05, 0) is 25.2 Å². The lowest BCUT2D eigenvalue weighted by atomic mass is 10.2. The van der Waals surface area contributed by atoms with E-state index in [1.807, 2.05) is 0 Å². The van der Waals surface area contributed by atoms with Gasteiger partial charge in [0, 0.05) is 12.7 Å². The van der Waals surface area contributed by atoms with Crippen molar-refractivity contribution < 1.29 is 13.2 Å². The van der Waals surface area contributed by atoms with Crippen LogP contribution in [0.4, 0.5) is 0 Å². The topological polar surface area (TPSA) is 79.2 Å². The third-order valence-corrected chi connectivity index (χ3v) is 3.52. The maximum absolute atomic E-state index is 11.4. The molecule has 98 valence electrons. The molecule has 1 N–H and O–H groups in total. The highest BCUT2D eigenvalue weighted by Gasteiger charge is 2.08. The highest BCUT2D eigenvalue weighted by atomic mass is 32.2. The fraction of sp³-hybridized carbons (Fsp3) is 0.417. The molecular formula is C12H16N2O3S. The van der Waals surface area contributed by atoms with Gasteiger partial charge in [0.15, 0.2) is 9.84 Å². The largest absolute Gasteiger partial charge is 0.493 e. The van der Waals surface area contributed by atoms with Gasteiger partial charge in [0.1, 0.15) is 5.75 Å². The lowest BCUT2D eigenvalue weighted by molar-refractivity contribution is 0.299. The van der Waals surface area contributed by atoms with Crippen molar-refractivity contribution in [1.82, 2.24) is 5.32 Å². The molecule has 1 aromatic rings. The van der Waals surface area contributed by atoms with Crippen LogP contribution in [0.1, 0.15) is 6.42 Å². The monoisotopic (exact) mass is 268 g/mol. The van der Waals surface area contributed by atoms with E-state index in [9.17, 15) is 8.42 Å². The first-order valence-corrected chi connectivity index (χ1v) is 7.36. The first-order valence-electron chi connectivity index (χ1n) is 5.47. The highest BCUT2D eigenvalue weighted by Crippen LogP contribution is 2.17. The van der Waals surface area contributed by atoms with Gasteiger partial charge in [0.05, 0.1) is 23.6 Å². The Morgan fingerprint density at radius 3 is 2.78 bits per heavy atom. The number of ether oxygens (including phenoxy) is 1. The zero-order valence-electron chi connectivity index (χ0n) is 10.4. The maximum atomic E-state index is 11.4. The Balaban J connectivity index is 2.62. The van der Waals surface area contributed by atoms with Crippen LogP contribution in [-0.2, 0) is 9.84 Å². The number of rotatable bonds is 6. The molecule has 18 heavy (non-hydrogen) atoms. The number of nitrogens with one attached hydrogen (secondary N) is 1. The van der Waals surface area contributed by atoms with Crippen LogP contribution in [0.2, 0.25) is 0 Å². The van der Waals surface area contributed by atoms with E-state index in [0.29, 0.717) is 18.8 Å². The number of nitriles is 1. The van der Waals surface area contributed by atoms with Gasteiger partial charge in [0.25, 0.3) is 0 Å². The standard InChI is InChI=1S/C12H16N2O3S/c1-14-10(9-13)6-7-17-11-4-3-5-12(8-11)18(2,15)16/h3-5,8,10,14H,6-7H2,1-2H3. The molecule has 6 heteroatoms. The molecule has 0 aliphatic carbocycles. The molecule has 1 aromatic carbocycles. The van der Waals surface area contributed by atoms with Crippen LogP contribution in [-0.4, -0.2) is 34.4 Å². The van der Waals surface area contributed by atoms with Gasteiger partial charge in [-0.1, -0.05) is 6.07 Å².